The number of alkyl halides is 1. The van der Waals surface area contributed by atoms with Gasteiger partial charge < -0.3 is 20.2 Å². The molecule has 4 rings (SSSR count). The predicted molar refractivity (Wildman–Crippen MR) is 132 cm³/mol. The van der Waals surface area contributed by atoms with Crippen LogP contribution in [-0.4, -0.2) is 102 Å². The maximum absolute atomic E-state index is 13.3. The smallest absolute Gasteiger partial charge is 0.226 e. The van der Waals surface area contributed by atoms with Crippen LogP contribution in [0.25, 0.3) is 0 Å². The molecular weight excluding hydrogens is 449 g/mol. The zero-order valence-electron chi connectivity index (χ0n) is 20.8. The maximum Gasteiger partial charge on any atom is 0.226 e. The average molecular weight is 490 g/mol. The van der Waals surface area contributed by atoms with Crippen LogP contribution < -0.4 is 10.6 Å². The summed E-state index contributed by atoms with van der Waals surface area (Å²) in [6.45, 7) is 6.51. The summed E-state index contributed by atoms with van der Waals surface area (Å²) in [5, 5.41) is 17.8. The van der Waals surface area contributed by atoms with Crippen LogP contribution in [0.15, 0.2) is 30.3 Å². The molecule has 3 N–H and O–H groups in total. The second kappa shape index (κ2) is 11.8. The largest absolute Gasteiger partial charge is 0.388 e. The van der Waals surface area contributed by atoms with Crippen LogP contribution in [-0.2, 0) is 9.59 Å². The Morgan fingerprint density at radius 3 is 2.66 bits per heavy atom. The zero-order chi connectivity index (χ0) is 24.8. The number of nitrogens with one attached hydrogen (secondary N) is 2. The molecule has 0 bridgehead atoms. The van der Waals surface area contributed by atoms with E-state index in [9.17, 15) is 19.1 Å². The van der Waals surface area contributed by atoms with E-state index in [1.165, 1.54) is 0 Å². The fourth-order valence-corrected chi connectivity index (χ4v) is 5.33. The lowest BCUT2D eigenvalue weighted by Gasteiger charge is -2.43. The highest BCUT2D eigenvalue weighted by molar-refractivity contribution is 5.78. The Labute approximate surface area is 207 Å². The number of nitrogens with zero attached hydrogens (tertiary/aromatic N) is 3. The molecule has 0 aliphatic carbocycles. The van der Waals surface area contributed by atoms with Crippen molar-refractivity contribution in [3.05, 3.63) is 35.9 Å². The number of β-amino-alcohol motifs (C(OH)–C–C–N with tert-alkyl or cyclic N) is 1. The molecular formula is C26H40FN5O3. The molecule has 1 aromatic carbocycles. The first kappa shape index (κ1) is 26.0. The lowest BCUT2D eigenvalue weighted by atomic mass is 9.89. The number of likely N-dealkylation sites (tertiary alicyclic amines) is 2. The predicted octanol–water partition coefficient (Wildman–Crippen LogP) is 1.27. The summed E-state index contributed by atoms with van der Waals surface area (Å²) in [6.07, 6.45) is 1.50. The van der Waals surface area contributed by atoms with Crippen LogP contribution in [0.3, 0.4) is 0 Å². The fraction of sp³-hybridized carbons (Fsp3) is 0.692. The van der Waals surface area contributed by atoms with E-state index in [0.29, 0.717) is 65.0 Å². The molecule has 1 aromatic rings. The number of carbonyl (C=O) groups excluding carboxylic acids is 2. The Hall–Kier alpha value is -2.07. The number of hydrogen-bond donors (Lipinski definition) is 3. The van der Waals surface area contributed by atoms with Gasteiger partial charge in [-0.05, 0) is 30.7 Å². The lowest BCUT2D eigenvalue weighted by Crippen LogP contribution is -2.61. The highest BCUT2D eigenvalue weighted by Gasteiger charge is 2.38. The molecule has 0 aromatic heterocycles. The topological polar surface area (TPSA) is 88.2 Å². The van der Waals surface area contributed by atoms with E-state index in [-0.39, 0.29) is 30.4 Å². The Morgan fingerprint density at radius 2 is 2.00 bits per heavy atom. The fourth-order valence-electron chi connectivity index (χ4n) is 5.33. The van der Waals surface area contributed by atoms with Crippen molar-refractivity contribution in [2.24, 2.45) is 0 Å². The van der Waals surface area contributed by atoms with Gasteiger partial charge in [-0.3, -0.25) is 19.8 Å². The van der Waals surface area contributed by atoms with E-state index < -0.39 is 11.8 Å². The Bertz CT molecular complexity index is 849. The van der Waals surface area contributed by atoms with Crippen LogP contribution >= 0.6 is 0 Å². The molecule has 9 heteroatoms. The van der Waals surface area contributed by atoms with E-state index >= 15 is 0 Å². The van der Waals surface area contributed by atoms with Crippen molar-refractivity contribution in [3.63, 3.8) is 0 Å². The monoisotopic (exact) mass is 489 g/mol. The molecule has 3 saturated heterocycles. The standard InChI is InChI=1S/C26H40FN5O3/c1-20(21-5-3-2-4-6-21)15-24(33)31-12-8-26(35,9-13-31)18-32-19-29-23(16-25(32)34)28-10-14-30-11-7-22(27)17-30/h2-6,20,22-23,28-29,35H,7-19H2,1H3/t20-,22+,23?/m1/s1. The third-order valence-electron chi connectivity index (χ3n) is 7.68. The van der Waals surface area contributed by atoms with E-state index in [4.69, 9.17) is 0 Å². The summed E-state index contributed by atoms with van der Waals surface area (Å²) in [7, 11) is 0. The van der Waals surface area contributed by atoms with Gasteiger partial charge in [0.2, 0.25) is 11.8 Å². The van der Waals surface area contributed by atoms with Crippen molar-refractivity contribution in [3.8, 4) is 0 Å². The van der Waals surface area contributed by atoms with Crippen molar-refractivity contribution in [1.82, 2.24) is 25.3 Å². The number of carbonyl (C=O) groups is 2. The first-order valence-corrected chi connectivity index (χ1v) is 13.0. The number of rotatable bonds is 9. The SMILES string of the molecule is C[C@H](CC(=O)N1CCC(O)(CN2CNC(NCCN3CC[C@H](F)C3)CC2=O)CC1)c1ccccc1. The van der Waals surface area contributed by atoms with Gasteiger partial charge in [-0.15, -0.1) is 0 Å². The van der Waals surface area contributed by atoms with Crippen LogP contribution in [0.1, 0.15) is 50.5 Å². The molecule has 0 radical (unpaired) electrons. The third kappa shape index (κ3) is 7.22. The Morgan fingerprint density at radius 1 is 1.26 bits per heavy atom. The zero-order valence-corrected chi connectivity index (χ0v) is 20.8. The summed E-state index contributed by atoms with van der Waals surface area (Å²) in [4.78, 5) is 31.1. The molecule has 8 nitrogen and oxygen atoms in total. The van der Waals surface area contributed by atoms with E-state index in [1.807, 2.05) is 35.2 Å². The molecule has 3 aliphatic heterocycles. The highest BCUT2D eigenvalue weighted by atomic mass is 19.1. The quantitative estimate of drug-likeness (QED) is 0.484. The van der Waals surface area contributed by atoms with Crippen LogP contribution in [0, 0.1) is 0 Å². The highest BCUT2D eigenvalue weighted by Crippen LogP contribution is 2.26. The Balaban J connectivity index is 1.16. The van der Waals surface area contributed by atoms with Gasteiger partial charge in [-0.25, -0.2) is 4.39 Å². The average Bonchev–Trinajstić information content (AvgIpc) is 3.26. The molecule has 1 unspecified atom stereocenters. The molecule has 0 spiro atoms. The van der Waals surface area contributed by atoms with Gasteiger partial charge >= 0.3 is 0 Å². The lowest BCUT2D eigenvalue weighted by molar-refractivity contribution is -0.144. The molecule has 3 heterocycles. The number of hydrogen-bond acceptors (Lipinski definition) is 6. The number of benzene rings is 1. The summed E-state index contributed by atoms with van der Waals surface area (Å²) in [5.41, 5.74) is 0.181. The second-order valence-electron chi connectivity index (χ2n) is 10.5. The minimum Gasteiger partial charge on any atom is -0.388 e. The van der Waals surface area contributed by atoms with Gasteiger partial charge in [0.25, 0.3) is 0 Å². The number of halogens is 1. The van der Waals surface area contributed by atoms with E-state index in [0.717, 1.165) is 18.7 Å². The van der Waals surface area contributed by atoms with Crippen LogP contribution in [0.2, 0.25) is 0 Å². The summed E-state index contributed by atoms with van der Waals surface area (Å²) in [5.74, 6) is 0.276. The Kier molecular flexibility index (Phi) is 8.75. The number of aliphatic hydroxyl groups is 1. The summed E-state index contributed by atoms with van der Waals surface area (Å²) >= 11 is 0. The van der Waals surface area contributed by atoms with E-state index in [1.54, 1.807) is 4.90 Å². The minimum atomic E-state index is -0.974. The first-order chi connectivity index (χ1) is 16.8. The first-order valence-electron chi connectivity index (χ1n) is 13.0. The third-order valence-corrected chi connectivity index (χ3v) is 7.68. The van der Waals surface area contributed by atoms with E-state index in [2.05, 4.69) is 22.5 Å². The molecule has 2 amide bonds. The molecule has 194 valence electrons. The van der Waals surface area contributed by atoms with Gasteiger partial charge in [0.15, 0.2) is 0 Å². The molecule has 3 fully saturated rings. The number of piperidine rings is 1. The van der Waals surface area contributed by atoms with Crippen molar-refractivity contribution >= 4 is 11.8 Å². The van der Waals surface area contributed by atoms with Gasteiger partial charge in [0.05, 0.1) is 31.4 Å². The normalized spacial score (nSPS) is 26.2. The van der Waals surface area contributed by atoms with Gasteiger partial charge in [0, 0.05) is 45.7 Å². The van der Waals surface area contributed by atoms with Crippen LogP contribution in [0.4, 0.5) is 4.39 Å². The molecule has 3 atom stereocenters. The maximum atomic E-state index is 13.3. The van der Waals surface area contributed by atoms with Gasteiger partial charge in [-0.1, -0.05) is 37.3 Å². The van der Waals surface area contributed by atoms with Crippen molar-refractivity contribution in [1.29, 1.82) is 0 Å². The van der Waals surface area contributed by atoms with Crippen molar-refractivity contribution in [2.75, 3.05) is 52.5 Å². The van der Waals surface area contributed by atoms with Gasteiger partial charge in [-0.2, -0.15) is 0 Å². The van der Waals surface area contributed by atoms with Crippen molar-refractivity contribution in [2.45, 2.75) is 62.9 Å². The molecule has 35 heavy (non-hydrogen) atoms. The van der Waals surface area contributed by atoms with Crippen molar-refractivity contribution < 1.29 is 19.1 Å². The van der Waals surface area contributed by atoms with Gasteiger partial charge in [0.1, 0.15) is 6.17 Å². The summed E-state index contributed by atoms with van der Waals surface area (Å²) in [6, 6.07) is 10.0. The molecule has 0 saturated carbocycles. The second-order valence-corrected chi connectivity index (χ2v) is 10.5. The number of amides is 2. The van der Waals surface area contributed by atoms with Crippen LogP contribution in [0.5, 0.6) is 0 Å². The minimum absolute atomic E-state index is 0.00913. The molecule has 3 aliphatic rings. The summed E-state index contributed by atoms with van der Waals surface area (Å²) < 4.78 is 13.3.